The van der Waals surface area contributed by atoms with E-state index < -0.39 is 0 Å². The minimum atomic E-state index is 0.264. The second-order valence-electron chi connectivity index (χ2n) is 3.60. The Morgan fingerprint density at radius 3 is 2.57 bits per heavy atom. The van der Waals surface area contributed by atoms with Crippen LogP contribution in [-0.4, -0.2) is 15.9 Å². The fourth-order valence-electron chi connectivity index (χ4n) is 1.15. The van der Waals surface area contributed by atoms with Crippen LogP contribution in [0.25, 0.3) is 0 Å². The van der Waals surface area contributed by atoms with Gasteiger partial charge in [-0.25, -0.2) is 4.68 Å². The molecule has 0 saturated carbocycles. The summed E-state index contributed by atoms with van der Waals surface area (Å²) in [6, 6.07) is 0. The molecule has 80 valence electrons. The normalized spacial score (nSPS) is 13.1. The highest BCUT2D eigenvalue weighted by Gasteiger charge is 2.08. The standard InChI is InChI=1S/C10H19N3O/c1-5-7(2)14-6-13-9(4)10(11)8(3)12-13/h7H,5-6,11H2,1-4H3. The number of aromatic nitrogens is 2. The lowest BCUT2D eigenvalue weighted by Crippen LogP contribution is -2.13. The van der Waals surface area contributed by atoms with E-state index >= 15 is 0 Å². The van der Waals surface area contributed by atoms with Crippen molar-refractivity contribution >= 4 is 5.69 Å². The molecule has 0 aliphatic carbocycles. The van der Waals surface area contributed by atoms with Gasteiger partial charge in [0.25, 0.3) is 0 Å². The average Bonchev–Trinajstić information content (AvgIpc) is 2.42. The Bertz CT molecular complexity index is 307. The smallest absolute Gasteiger partial charge is 0.140 e. The van der Waals surface area contributed by atoms with Gasteiger partial charge in [0.15, 0.2) is 0 Å². The number of nitrogens with zero attached hydrogens (tertiary/aromatic N) is 2. The maximum Gasteiger partial charge on any atom is 0.140 e. The van der Waals surface area contributed by atoms with Crippen LogP contribution in [0.2, 0.25) is 0 Å². The van der Waals surface area contributed by atoms with Crippen LogP contribution < -0.4 is 5.73 Å². The summed E-state index contributed by atoms with van der Waals surface area (Å²) in [5.41, 5.74) is 8.41. The maximum absolute atomic E-state index is 5.80. The molecule has 1 aromatic rings. The highest BCUT2D eigenvalue weighted by atomic mass is 16.5. The topological polar surface area (TPSA) is 53.1 Å². The molecule has 0 aliphatic rings. The van der Waals surface area contributed by atoms with Crippen molar-refractivity contribution in [3.05, 3.63) is 11.4 Å². The molecule has 1 atom stereocenters. The monoisotopic (exact) mass is 197 g/mol. The number of ether oxygens (including phenoxy) is 1. The molecular weight excluding hydrogens is 178 g/mol. The van der Waals surface area contributed by atoms with E-state index in [1.54, 1.807) is 4.68 Å². The van der Waals surface area contributed by atoms with Gasteiger partial charge in [0.05, 0.1) is 23.2 Å². The highest BCUT2D eigenvalue weighted by molar-refractivity contribution is 5.46. The number of aryl methyl sites for hydroxylation is 1. The second kappa shape index (κ2) is 4.46. The molecule has 4 nitrogen and oxygen atoms in total. The van der Waals surface area contributed by atoms with Crippen molar-refractivity contribution in [1.82, 2.24) is 9.78 Å². The van der Waals surface area contributed by atoms with Crippen molar-refractivity contribution in [2.24, 2.45) is 0 Å². The van der Waals surface area contributed by atoms with E-state index in [4.69, 9.17) is 10.5 Å². The Balaban J connectivity index is 2.63. The van der Waals surface area contributed by atoms with Gasteiger partial charge in [-0.3, -0.25) is 0 Å². The summed E-state index contributed by atoms with van der Waals surface area (Å²) in [6.07, 6.45) is 1.27. The number of hydrogen-bond donors (Lipinski definition) is 1. The molecule has 2 N–H and O–H groups in total. The zero-order valence-corrected chi connectivity index (χ0v) is 9.37. The third-order valence-electron chi connectivity index (χ3n) is 2.49. The molecule has 0 aromatic carbocycles. The minimum Gasteiger partial charge on any atom is -0.396 e. The van der Waals surface area contributed by atoms with E-state index in [-0.39, 0.29) is 6.10 Å². The molecular formula is C10H19N3O. The first-order valence-electron chi connectivity index (χ1n) is 4.97. The van der Waals surface area contributed by atoms with E-state index in [1.165, 1.54) is 0 Å². The molecule has 0 radical (unpaired) electrons. The molecule has 1 aromatic heterocycles. The molecule has 1 heterocycles. The summed E-state index contributed by atoms with van der Waals surface area (Å²) in [6.45, 7) is 8.49. The maximum atomic E-state index is 5.80. The van der Waals surface area contributed by atoms with E-state index in [0.717, 1.165) is 23.5 Å². The van der Waals surface area contributed by atoms with Crippen LogP contribution in [0.4, 0.5) is 5.69 Å². The molecule has 1 unspecified atom stereocenters. The van der Waals surface area contributed by atoms with E-state index in [0.29, 0.717) is 6.73 Å². The molecule has 1 rings (SSSR count). The largest absolute Gasteiger partial charge is 0.396 e. The third-order valence-corrected chi connectivity index (χ3v) is 2.49. The van der Waals surface area contributed by atoms with Crippen LogP contribution in [0.5, 0.6) is 0 Å². The van der Waals surface area contributed by atoms with Crippen LogP contribution in [0.15, 0.2) is 0 Å². The van der Waals surface area contributed by atoms with Gasteiger partial charge >= 0.3 is 0 Å². The van der Waals surface area contributed by atoms with Gasteiger partial charge in [0.2, 0.25) is 0 Å². The molecule has 0 saturated heterocycles. The van der Waals surface area contributed by atoms with Crippen molar-refractivity contribution in [1.29, 1.82) is 0 Å². The minimum absolute atomic E-state index is 0.264. The number of hydrogen-bond acceptors (Lipinski definition) is 3. The van der Waals surface area contributed by atoms with Gasteiger partial charge in [-0.1, -0.05) is 6.92 Å². The van der Waals surface area contributed by atoms with Gasteiger partial charge < -0.3 is 10.5 Å². The highest BCUT2D eigenvalue weighted by Crippen LogP contribution is 2.14. The van der Waals surface area contributed by atoms with Crippen LogP contribution in [0.1, 0.15) is 31.7 Å². The first kappa shape index (κ1) is 11.0. The lowest BCUT2D eigenvalue weighted by Gasteiger charge is -2.11. The lowest BCUT2D eigenvalue weighted by atomic mass is 10.3. The molecule has 14 heavy (non-hydrogen) atoms. The molecule has 4 heteroatoms. The number of nitrogen functional groups attached to an aromatic ring is 1. The van der Waals surface area contributed by atoms with Crippen LogP contribution in [-0.2, 0) is 11.5 Å². The van der Waals surface area contributed by atoms with Gasteiger partial charge in [-0.15, -0.1) is 0 Å². The van der Waals surface area contributed by atoms with Gasteiger partial charge in [0, 0.05) is 0 Å². The van der Waals surface area contributed by atoms with Gasteiger partial charge in [-0.05, 0) is 27.2 Å². The third kappa shape index (κ3) is 2.26. The fourth-order valence-corrected chi connectivity index (χ4v) is 1.15. The molecule has 0 fully saturated rings. The Hall–Kier alpha value is -1.03. The SMILES string of the molecule is CCC(C)OCn1nc(C)c(N)c1C. The Morgan fingerprint density at radius 2 is 2.14 bits per heavy atom. The van der Waals surface area contributed by atoms with E-state index in [2.05, 4.69) is 18.9 Å². The zero-order valence-electron chi connectivity index (χ0n) is 9.37. The molecule has 0 aliphatic heterocycles. The zero-order chi connectivity index (χ0) is 10.7. The predicted molar refractivity (Wildman–Crippen MR) is 57.0 cm³/mol. The first-order valence-corrected chi connectivity index (χ1v) is 4.97. The predicted octanol–water partition coefficient (Wildman–Crippen LogP) is 1.85. The quantitative estimate of drug-likeness (QED) is 0.801. The second-order valence-corrected chi connectivity index (χ2v) is 3.60. The number of anilines is 1. The summed E-state index contributed by atoms with van der Waals surface area (Å²) in [5.74, 6) is 0. The van der Waals surface area contributed by atoms with Crippen LogP contribution >= 0.6 is 0 Å². The van der Waals surface area contributed by atoms with E-state index in [1.807, 2.05) is 13.8 Å². The van der Waals surface area contributed by atoms with E-state index in [9.17, 15) is 0 Å². The van der Waals surface area contributed by atoms with Crippen molar-refractivity contribution in [2.45, 2.75) is 47.0 Å². The van der Waals surface area contributed by atoms with Crippen molar-refractivity contribution in [2.75, 3.05) is 5.73 Å². The molecule has 0 amide bonds. The fraction of sp³-hybridized carbons (Fsp3) is 0.700. The lowest BCUT2D eigenvalue weighted by molar-refractivity contribution is 0.00880. The van der Waals surface area contributed by atoms with Gasteiger partial charge in [-0.2, -0.15) is 5.10 Å². The Kier molecular flexibility index (Phi) is 3.52. The van der Waals surface area contributed by atoms with Crippen LogP contribution in [0, 0.1) is 13.8 Å². The summed E-state index contributed by atoms with van der Waals surface area (Å²) in [7, 11) is 0. The average molecular weight is 197 g/mol. The van der Waals surface area contributed by atoms with Gasteiger partial charge in [0.1, 0.15) is 6.73 Å². The summed E-state index contributed by atoms with van der Waals surface area (Å²) >= 11 is 0. The molecule has 0 bridgehead atoms. The summed E-state index contributed by atoms with van der Waals surface area (Å²) in [4.78, 5) is 0. The summed E-state index contributed by atoms with van der Waals surface area (Å²) < 4.78 is 7.37. The molecule has 0 spiro atoms. The van der Waals surface area contributed by atoms with Crippen LogP contribution in [0.3, 0.4) is 0 Å². The number of nitrogens with two attached hydrogens (primary N) is 1. The van der Waals surface area contributed by atoms with Crippen molar-refractivity contribution in [3.8, 4) is 0 Å². The Labute approximate surface area is 85.0 Å². The first-order chi connectivity index (χ1) is 6.56. The Morgan fingerprint density at radius 1 is 1.50 bits per heavy atom. The van der Waals surface area contributed by atoms with Crippen molar-refractivity contribution < 1.29 is 4.74 Å². The van der Waals surface area contributed by atoms with Crippen molar-refractivity contribution in [3.63, 3.8) is 0 Å². The summed E-state index contributed by atoms with van der Waals surface area (Å²) in [5, 5.41) is 4.28. The number of rotatable bonds is 4.